The van der Waals surface area contributed by atoms with E-state index in [1.807, 2.05) is 54.8 Å². The lowest BCUT2D eigenvalue weighted by molar-refractivity contribution is -0.116. The first-order valence-electron chi connectivity index (χ1n) is 10.4. The van der Waals surface area contributed by atoms with Crippen molar-refractivity contribution in [2.45, 2.75) is 25.0 Å². The Labute approximate surface area is 185 Å². The maximum Gasteiger partial charge on any atom is 0.224 e. The number of rotatable bonds is 5. The average Bonchev–Trinajstić information content (AvgIpc) is 3.14. The summed E-state index contributed by atoms with van der Waals surface area (Å²) in [4.78, 5) is 12.3. The van der Waals surface area contributed by atoms with Crippen molar-refractivity contribution in [3.05, 3.63) is 82.9 Å². The monoisotopic (exact) mass is 432 g/mol. The molecule has 0 bridgehead atoms. The van der Waals surface area contributed by atoms with Gasteiger partial charge in [0, 0.05) is 41.1 Å². The van der Waals surface area contributed by atoms with Gasteiger partial charge in [-0.1, -0.05) is 24.3 Å². The van der Waals surface area contributed by atoms with Gasteiger partial charge in [0.1, 0.15) is 11.5 Å². The van der Waals surface area contributed by atoms with Gasteiger partial charge >= 0.3 is 0 Å². The highest BCUT2D eigenvalue weighted by molar-refractivity contribution is 7.98. The molecule has 0 radical (unpaired) electrons. The maximum absolute atomic E-state index is 12.3. The number of carbonyl (C=O) groups excluding carboxylic acids is 1. The molecule has 0 saturated heterocycles. The molecule has 5 nitrogen and oxygen atoms in total. The highest BCUT2D eigenvalue weighted by Crippen LogP contribution is 2.56. The lowest BCUT2D eigenvalue weighted by Crippen LogP contribution is -2.32. The molecule has 0 aromatic heterocycles. The summed E-state index contributed by atoms with van der Waals surface area (Å²) < 4.78 is 12.8. The van der Waals surface area contributed by atoms with E-state index in [1.165, 1.54) is 0 Å². The van der Waals surface area contributed by atoms with Crippen molar-refractivity contribution >= 4 is 29.0 Å². The third-order valence-electron chi connectivity index (χ3n) is 5.84. The molecule has 5 rings (SSSR count). The predicted molar refractivity (Wildman–Crippen MR) is 125 cm³/mol. The third-order valence-corrected chi connectivity index (χ3v) is 6.54. The Morgan fingerprint density at radius 2 is 1.84 bits per heavy atom. The fraction of sp³-hybridized carbons (Fsp3) is 0.240. The van der Waals surface area contributed by atoms with Gasteiger partial charge in [0.25, 0.3) is 0 Å². The fourth-order valence-corrected chi connectivity index (χ4v) is 4.89. The van der Waals surface area contributed by atoms with Crippen LogP contribution < -0.4 is 15.8 Å². The van der Waals surface area contributed by atoms with Gasteiger partial charge < -0.3 is 20.5 Å². The Morgan fingerprint density at radius 1 is 1.06 bits per heavy atom. The number of amides is 1. The van der Waals surface area contributed by atoms with Crippen molar-refractivity contribution in [1.29, 1.82) is 0 Å². The molecular formula is C25H24N2O3S. The number of anilines is 2. The highest BCUT2D eigenvalue weighted by Gasteiger charge is 2.49. The molecule has 3 aromatic rings. The number of ether oxygens (including phenoxy) is 2. The number of carbonyl (C=O) groups is 1. The van der Waals surface area contributed by atoms with Crippen molar-refractivity contribution in [1.82, 2.24) is 0 Å². The number of thioether (sulfide) groups is 1. The molecule has 2 aliphatic rings. The van der Waals surface area contributed by atoms with E-state index in [4.69, 9.17) is 15.2 Å². The topological polar surface area (TPSA) is 73.6 Å². The quantitative estimate of drug-likeness (QED) is 0.424. The van der Waals surface area contributed by atoms with Crippen LogP contribution in [0.2, 0.25) is 0 Å². The molecule has 0 aliphatic carbocycles. The standard InChI is InChI=1S/C25H24N2O3S/c1-31-12-4-7-24(28)27-18-9-11-21-23(14-18)30-22-13-17(26)8-10-20(22)25(21)19-6-3-2-5-16(19)15-29-25/h2-3,5-6,8-11,13-14H,4,7,12,15,26H2,1H3,(H,27,28). The first-order chi connectivity index (χ1) is 15.1. The number of fused-ring (bicyclic) bond motifs is 6. The molecule has 2 heterocycles. The van der Waals surface area contributed by atoms with E-state index in [0.29, 0.717) is 35.9 Å². The Balaban J connectivity index is 1.57. The number of nitrogens with one attached hydrogen (secondary N) is 1. The summed E-state index contributed by atoms with van der Waals surface area (Å²) in [5, 5.41) is 2.99. The van der Waals surface area contributed by atoms with Gasteiger partial charge in [-0.05, 0) is 53.8 Å². The third kappa shape index (κ3) is 3.36. The lowest BCUT2D eigenvalue weighted by atomic mass is 9.77. The molecule has 0 fully saturated rings. The summed E-state index contributed by atoms with van der Waals surface area (Å²) in [5.41, 5.74) is 10.8. The normalized spacial score (nSPS) is 18.1. The van der Waals surface area contributed by atoms with Crippen LogP contribution in [0, 0.1) is 0 Å². The molecule has 31 heavy (non-hydrogen) atoms. The Kier molecular flexibility index (Phi) is 5.12. The first-order valence-corrected chi connectivity index (χ1v) is 11.7. The van der Waals surface area contributed by atoms with E-state index in [9.17, 15) is 4.79 Å². The van der Waals surface area contributed by atoms with Crippen LogP contribution in [0.25, 0.3) is 0 Å². The van der Waals surface area contributed by atoms with Crippen molar-refractivity contribution in [2.24, 2.45) is 0 Å². The van der Waals surface area contributed by atoms with Crippen molar-refractivity contribution < 1.29 is 14.3 Å². The summed E-state index contributed by atoms with van der Waals surface area (Å²) >= 11 is 1.74. The van der Waals surface area contributed by atoms with Crippen LogP contribution in [0.4, 0.5) is 11.4 Å². The molecule has 3 N–H and O–H groups in total. The number of nitrogens with two attached hydrogens (primary N) is 1. The summed E-state index contributed by atoms with van der Waals surface area (Å²) in [7, 11) is 0. The summed E-state index contributed by atoms with van der Waals surface area (Å²) in [6.07, 6.45) is 3.40. The fourth-order valence-electron chi connectivity index (χ4n) is 4.45. The smallest absolute Gasteiger partial charge is 0.224 e. The van der Waals surface area contributed by atoms with Crippen molar-refractivity contribution in [3.8, 4) is 11.5 Å². The summed E-state index contributed by atoms with van der Waals surface area (Å²) in [6, 6.07) is 19.7. The van der Waals surface area contributed by atoms with Crippen LogP contribution in [0.5, 0.6) is 11.5 Å². The Hall–Kier alpha value is -2.96. The summed E-state index contributed by atoms with van der Waals surface area (Å²) in [6.45, 7) is 0.521. The van der Waals surface area contributed by atoms with E-state index in [1.54, 1.807) is 11.8 Å². The minimum atomic E-state index is -0.756. The molecule has 1 atom stereocenters. The molecule has 1 amide bonds. The van der Waals surface area contributed by atoms with E-state index < -0.39 is 5.60 Å². The second-order valence-corrected chi connectivity index (χ2v) is 8.83. The lowest BCUT2D eigenvalue weighted by Gasteiger charge is -2.37. The molecule has 2 aliphatic heterocycles. The molecule has 158 valence electrons. The van der Waals surface area contributed by atoms with Gasteiger partial charge in [0.05, 0.1) is 6.61 Å². The van der Waals surface area contributed by atoms with Gasteiger partial charge in [-0.25, -0.2) is 0 Å². The zero-order valence-corrected chi connectivity index (χ0v) is 18.1. The van der Waals surface area contributed by atoms with Crippen LogP contribution in [0.3, 0.4) is 0 Å². The molecule has 1 spiro atoms. The van der Waals surface area contributed by atoms with Crippen LogP contribution in [0.15, 0.2) is 60.7 Å². The van der Waals surface area contributed by atoms with Crippen LogP contribution in [-0.4, -0.2) is 17.9 Å². The predicted octanol–water partition coefficient (Wildman–Crippen LogP) is 5.28. The van der Waals surface area contributed by atoms with Crippen LogP contribution in [-0.2, 0) is 21.7 Å². The SMILES string of the molecule is CSCCCC(=O)Nc1ccc2c(c1)Oc1cc(N)ccc1C21OCc2ccccc21. The largest absolute Gasteiger partial charge is 0.456 e. The maximum atomic E-state index is 12.3. The first kappa shape index (κ1) is 20.0. The van der Waals surface area contributed by atoms with E-state index in [2.05, 4.69) is 17.4 Å². The molecule has 3 aromatic carbocycles. The highest BCUT2D eigenvalue weighted by atomic mass is 32.2. The van der Waals surface area contributed by atoms with E-state index in [-0.39, 0.29) is 5.91 Å². The van der Waals surface area contributed by atoms with Gasteiger partial charge in [-0.3, -0.25) is 4.79 Å². The van der Waals surface area contributed by atoms with E-state index >= 15 is 0 Å². The van der Waals surface area contributed by atoms with Gasteiger partial charge in [-0.15, -0.1) is 0 Å². The van der Waals surface area contributed by atoms with Crippen LogP contribution in [0.1, 0.15) is 35.1 Å². The minimum Gasteiger partial charge on any atom is -0.456 e. The number of nitrogen functional groups attached to an aromatic ring is 1. The summed E-state index contributed by atoms with van der Waals surface area (Å²) in [5.74, 6) is 2.31. The van der Waals surface area contributed by atoms with Gasteiger partial charge in [0.2, 0.25) is 5.91 Å². The van der Waals surface area contributed by atoms with Crippen LogP contribution >= 0.6 is 11.8 Å². The zero-order chi connectivity index (χ0) is 21.4. The number of hydrogen-bond acceptors (Lipinski definition) is 5. The van der Waals surface area contributed by atoms with Gasteiger partial charge in [0.15, 0.2) is 5.60 Å². The molecule has 0 saturated carbocycles. The Morgan fingerprint density at radius 3 is 2.68 bits per heavy atom. The molecular weight excluding hydrogens is 408 g/mol. The van der Waals surface area contributed by atoms with E-state index in [0.717, 1.165) is 34.4 Å². The number of hydrogen-bond donors (Lipinski definition) is 2. The molecule has 1 unspecified atom stereocenters. The zero-order valence-electron chi connectivity index (χ0n) is 17.3. The number of benzene rings is 3. The van der Waals surface area contributed by atoms with Gasteiger partial charge in [-0.2, -0.15) is 11.8 Å². The Bertz CT molecular complexity index is 1160. The minimum absolute atomic E-state index is 0.00614. The second-order valence-electron chi connectivity index (χ2n) is 7.84. The second kappa shape index (κ2) is 7.94. The van der Waals surface area contributed by atoms with Crippen molar-refractivity contribution in [3.63, 3.8) is 0 Å². The van der Waals surface area contributed by atoms with Crippen molar-refractivity contribution in [2.75, 3.05) is 23.1 Å². The average molecular weight is 433 g/mol. The molecule has 6 heteroatoms.